The molecular weight excluding hydrogens is 528 g/mol. The van der Waals surface area contributed by atoms with Crippen molar-refractivity contribution in [2.24, 2.45) is 0 Å². The zero-order chi connectivity index (χ0) is 26.1. The van der Waals surface area contributed by atoms with Crippen LogP contribution in [0.5, 0.6) is 11.5 Å². The van der Waals surface area contributed by atoms with Gasteiger partial charge < -0.3 is 32.4 Å². The third-order valence-electron chi connectivity index (χ3n) is 5.91. The number of ether oxygens (including phenoxy) is 2. The molecule has 10 heteroatoms. The van der Waals surface area contributed by atoms with Crippen molar-refractivity contribution in [2.75, 3.05) is 29.5 Å². The minimum atomic E-state index is -0.582. The molecule has 0 aliphatic heterocycles. The first-order chi connectivity index (χ1) is 17.1. The summed E-state index contributed by atoms with van der Waals surface area (Å²) in [4.78, 5) is 38.9. The highest BCUT2D eigenvalue weighted by atomic mass is 79.9. The molecule has 0 unspecified atom stereocenters. The van der Waals surface area contributed by atoms with Gasteiger partial charge in [-0.25, -0.2) is 4.79 Å². The first kappa shape index (κ1) is 25.1. The number of esters is 1. The van der Waals surface area contributed by atoms with Crippen molar-refractivity contribution in [1.82, 2.24) is 0 Å². The molecule has 8 N–H and O–H groups in total. The smallest absolute Gasteiger partial charge is 0.338 e. The van der Waals surface area contributed by atoms with Crippen LogP contribution in [-0.4, -0.2) is 24.1 Å². The van der Waals surface area contributed by atoms with Crippen LogP contribution in [0.1, 0.15) is 68.4 Å². The first-order valence-corrected chi connectivity index (χ1v) is 12.1. The van der Waals surface area contributed by atoms with Crippen LogP contribution in [-0.2, 0) is 4.74 Å². The van der Waals surface area contributed by atoms with Crippen LogP contribution in [0.15, 0.2) is 40.9 Å². The molecular formula is C26H25BrN4O5. The first-order valence-electron chi connectivity index (χ1n) is 11.3. The molecule has 0 atom stereocenters. The molecule has 0 bridgehead atoms. The van der Waals surface area contributed by atoms with E-state index in [-0.39, 0.29) is 50.8 Å². The van der Waals surface area contributed by atoms with Gasteiger partial charge in [0.05, 0.1) is 45.8 Å². The maximum Gasteiger partial charge on any atom is 0.338 e. The number of unbranched alkanes of at least 4 members (excludes halogenated alkanes) is 2. The maximum absolute atomic E-state index is 13.5. The molecule has 1 aliphatic rings. The van der Waals surface area contributed by atoms with Gasteiger partial charge >= 0.3 is 5.97 Å². The summed E-state index contributed by atoms with van der Waals surface area (Å²) in [7, 11) is 0. The lowest BCUT2D eigenvalue weighted by molar-refractivity contribution is 0.0498. The van der Waals surface area contributed by atoms with Crippen molar-refractivity contribution >= 4 is 56.2 Å². The van der Waals surface area contributed by atoms with E-state index < -0.39 is 17.5 Å². The number of ketones is 2. The van der Waals surface area contributed by atoms with Crippen LogP contribution in [0.2, 0.25) is 0 Å². The number of nitrogens with two attached hydrogens (primary N) is 4. The van der Waals surface area contributed by atoms with E-state index in [1.54, 1.807) is 24.3 Å². The number of nitrogen functional groups attached to an aromatic ring is 4. The second-order valence-electron chi connectivity index (χ2n) is 8.37. The van der Waals surface area contributed by atoms with Gasteiger partial charge in [-0.15, -0.1) is 0 Å². The predicted molar refractivity (Wildman–Crippen MR) is 141 cm³/mol. The molecule has 0 radical (unpaired) electrons. The summed E-state index contributed by atoms with van der Waals surface area (Å²) in [5.41, 5.74) is 24.9. The quantitative estimate of drug-likeness (QED) is 0.144. The standard InChI is InChI=1S/C26H25BrN4O5/c1-2-3-4-9-35-26(34)12-5-7-13(8-6-12)36-17-11-16(29)19-21(23(17)31)25(33)20-18(24(19)32)15(28)10-14(27)22(20)30/h5-8,10-11H,2-4,9,28-31H2,1H3. The molecule has 1 aliphatic carbocycles. The van der Waals surface area contributed by atoms with E-state index in [0.717, 1.165) is 19.3 Å². The van der Waals surface area contributed by atoms with Crippen LogP contribution >= 0.6 is 15.9 Å². The normalized spacial score (nSPS) is 12.2. The zero-order valence-corrected chi connectivity index (χ0v) is 21.1. The van der Waals surface area contributed by atoms with Crippen molar-refractivity contribution in [2.45, 2.75) is 26.2 Å². The largest absolute Gasteiger partial charge is 0.462 e. The van der Waals surface area contributed by atoms with Crippen molar-refractivity contribution in [3.8, 4) is 11.5 Å². The third-order valence-corrected chi connectivity index (χ3v) is 6.57. The summed E-state index contributed by atoms with van der Waals surface area (Å²) in [6.07, 6.45) is 2.83. The Morgan fingerprint density at radius 2 is 1.42 bits per heavy atom. The van der Waals surface area contributed by atoms with E-state index in [9.17, 15) is 14.4 Å². The lowest BCUT2D eigenvalue weighted by Gasteiger charge is -2.24. The second-order valence-corrected chi connectivity index (χ2v) is 9.22. The van der Waals surface area contributed by atoms with Gasteiger partial charge in [0.15, 0.2) is 17.3 Å². The molecule has 0 spiro atoms. The molecule has 186 valence electrons. The average Bonchev–Trinajstić information content (AvgIpc) is 2.84. The van der Waals surface area contributed by atoms with Crippen LogP contribution in [0.4, 0.5) is 22.7 Å². The van der Waals surface area contributed by atoms with Gasteiger partial charge in [-0.1, -0.05) is 19.8 Å². The number of carbonyl (C=O) groups excluding carboxylic acids is 3. The molecule has 3 aromatic rings. The molecule has 0 heterocycles. The zero-order valence-electron chi connectivity index (χ0n) is 19.5. The fourth-order valence-electron chi connectivity index (χ4n) is 4.06. The minimum absolute atomic E-state index is 0.00590. The maximum atomic E-state index is 13.5. The van der Waals surface area contributed by atoms with Crippen molar-refractivity contribution in [1.29, 1.82) is 0 Å². The molecule has 0 amide bonds. The van der Waals surface area contributed by atoms with Crippen LogP contribution < -0.4 is 27.7 Å². The monoisotopic (exact) mass is 552 g/mol. The molecule has 0 saturated carbocycles. The third kappa shape index (κ3) is 4.35. The van der Waals surface area contributed by atoms with Crippen LogP contribution in [0.3, 0.4) is 0 Å². The Morgan fingerprint density at radius 3 is 2.06 bits per heavy atom. The topological polar surface area (TPSA) is 174 Å². The summed E-state index contributed by atoms with van der Waals surface area (Å²) < 4.78 is 11.5. The minimum Gasteiger partial charge on any atom is -0.462 e. The molecule has 9 nitrogen and oxygen atoms in total. The Balaban J connectivity index is 1.65. The molecule has 0 aromatic heterocycles. The SMILES string of the molecule is CCCCCOC(=O)c1ccc(Oc2cc(N)c3c(c2N)C(=O)c2c(N)c(Br)cc(N)c2C3=O)cc1. The van der Waals surface area contributed by atoms with Crippen molar-refractivity contribution < 1.29 is 23.9 Å². The lowest BCUT2D eigenvalue weighted by Crippen LogP contribution is -2.26. The Bertz CT molecular complexity index is 1400. The molecule has 3 aromatic carbocycles. The van der Waals surface area contributed by atoms with Gasteiger partial charge in [-0.3, -0.25) is 9.59 Å². The second kappa shape index (κ2) is 9.90. The van der Waals surface area contributed by atoms with Crippen LogP contribution in [0.25, 0.3) is 0 Å². The van der Waals surface area contributed by atoms with Crippen molar-refractivity contribution in [3.63, 3.8) is 0 Å². The predicted octanol–water partition coefficient (Wildman–Crippen LogP) is 4.69. The fraction of sp³-hybridized carbons (Fsp3) is 0.192. The van der Waals surface area contributed by atoms with E-state index in [0.29, 0.717) is 22.4 Å². The van der Waals surface area contributed by atoms with Gasteiger partial charge in [-0.05, 0) is 52.7 Å². The Hall–Kier alpha value is -4.05. The lowest BCUT2D eigenvalue weighted by atomic mass is 9.80. The number of hydrogen-bond acceptors (Lipinski definition) is 9. The van der Waals surface area contributed by atoms with Crippen molar-refractivity contribution in [3.05, 3.63) is 68.7 Å². The molecule has 36 heavy (non-hydrogen) atoms. The van der Waals surface area contributed by atoms with E-state index in [2.05, 4.69) is 22.9 Å². The Morgan fingerprint density at radius 1 is 0.833 bits per heavy atom. The van der Waals surface area contributed by atoms with Gasteiger partial charge in [0.25, 0.3) is 0 Å². The summed E-state index contributed by atoms with van der Waals surface area (Å²) in [5.74, 6) is -1.15. The number of anilines is 4. The Kier molecular flexibility index (Phi) is 6.89. The highest BCUT2D eigenvalue weighted by Gasteiger charge is 2.38. The number of rotatable bonds is 7. The van der Waals surface area contributed by atoms with E-state index in [1.807, 2.05) is 0 Å². The van der Waals surface area contributed by atoms with E-state index in [4.69, 9.17) is 32.4 Å². The van der Waals surface area contributed by atoms with Gasteiger partial charge in [0.1, 0.15) is 5.75 Å². The van der Waals surface area contributed by atoms with Crippen LogP contribution in [0, 0.1) is 0 Å². The summed E-state index contributed by atoms with van der Waals surface area (Å²) in [5, 5.41) is 0. The highest BCUT2D eigenvalue weighted by molar-refractivity contribution is 9.10. The number of hydrogen-bond donors (Lipinski definition) is 4. The Labute approximate surface area is 215 Å². The van der Waals surface area contributed by atoms with Gasteiger partial charge in [0, 0.05) is 21.9 Å². The number of halogens is 1. The van der Waals surface area contributed by atoms with E-state index >= 15 is 0 Å². The molecule has 0 fully saturated rings. The van der Waals surface area contributed by atoms with Gasteiger partial charge in [0.2, 0.25) is 0 Å². The summed E-state index contributed by atoms with van der Waals surface area (Å²) >= 11 is 3.26. The summed E-state index contributed by atoms with van der Waals surface area (Å²) in [6, 6.07) is 9.08. The molecule has 0 saturated heterocycles. The number of carbonyl (C=O) groups is 3. The van der Waals surface area contributed by atoms with Gasteiger partial charge in [-0.2, -0.15) is 0 Å². The molecule has 4 rings (SSSR count). The number of fused-ring (bicyclic) bond motifs is 2. The fourth-order valence-corrected chi connectivity index (χ4v) is 4.50. The number of benzene rings is 3. The highest BCUT2D eigenvalue weighted by Crippen LogP contribution is 2.44. The average molecular weight is 553 g/mol. The summed E-state index contributed by atoms with van der Waals surface area (Å²) in [6.45, 7) is 2.43. The van der Waals surface area contributed by atoms with E-state index in [1.165, 1.54) is 12.1 Å².